The Morgan fingerprint density at radius 2 is 1.60 bits per heavy atom. The van der Waals surface area contributed by atoms with Gasteiger partial charge in [0.2, 0.25) is 5.91 Å². The summed E-state index contributed by atoms with van der Waals surface area (Å²) in [6, 6.07) is 11.5. The first kappa shape index (κ1) is 27.2. The number of nitrogens with one attached hydrogen (secondary N) is 2. The SMILES string of the molecule is CCCCCC1(C(=O)NC(Cc2ccc(NC(=O)c3c(Cl)cccc3Cl)cc2)C(C)=O)CCCC1. The zero-order valence-corrected chi connectivity index (χ0v) is 22.0. The molecule has 0 spiro atoms. The van der Waals surface area contributed by atoms with E-state index >= 15 is 0 Å². The molecule has 7 heteroatoms. The molecule has 3 rings (SSSR count). The van der Waals surface area contributed by atoms with E-state index in [1.165, 1.54) is 6.92 Å². The quantitative estimate of drug-likeness (QED) is 0.315. The summed E-state index contributed by atoms with van der Waals surface area (Å²) < 4.78 is 0. The summed E-state index contributed by atoms with van der Waals surface area (Å²) in [6.45, 7) is 3.68. The van der Waals surface area contributed by atoms with E-state index in [1.807, 2.05) is 12.1 Å². The molecular formula is C28H34Cl2N2O3. The lowest BCUT2D eigenvalue weighted by Gasteiger charge is -2.30. The molecule has 1 aliphatic rings. The molecule has 2 N–H and O–H groups in total. The molecule has 0 aromatic heterocycles. The van der Waals surface area contributed by atoms with Crippen molar-refractivity contribution >= 4 is 46.5 Å². The van der Waals surface area contributed by atoms with Crippen molar-refractivity contribution in [2.24, 2.45) is 5.41 Å². The molecule has 1 atom stereocenters. The van der Waals surface area contributed by atoms with Gasteiger partial charge in [-0.15, -0.1) is 0 Å². The molecular weight excluding hydrogens is 483 g/mol. The minimum absolute atomic E-state index is 0.0202. The average Bonchev–Trinajstić information content (AvgIpc) is 3.30. The van der Waals surface area contributed by atoms with Crippen molar-refractivity contribution in [2.45, 2.75) is 77.7 Å². The van der Waals surface area contributed by atoms with Crippen LogP contribution in [0, 0.1) is 5.41 Å². The highest BCUT2D eigenvalue weighted by molar-refractivity contribution is 6.40. The average molecular weight is 517 g/mol. The van der Waals surface area contributed by atoms with E-state index in [0.717, 1.165) is 56.9 Å². The molecule has 1 unspecified atom stereocenters. The lowest BCUT2D eigenvalue weighted by Crippen LogP contribution is -2.48. The van der Waals surface area contributed by atoms with Crippen molar-refractivity contribution < 1.29 is 14.4 Å². The lowest BCUT2D eigenvalue weighted by atomic mass is 9.79. The molecule has 2 aromatic carbocycles. The molecule has 35 heavy (non-hydrogen) atoms. The number of halogens is 2. The third-order valence-electron chi connectivity index (χ3n) is 6.94. The van der Waals surface area contributed by atoms with Crippen LogP contribution in [0.4, 0.5) is 5.69 Å². The van der Waals surface area contributed by atoms with Crippen LogP contribution in [0.15, 0.2) is 42.5 Å². The second-order valence-electron chi connectivity index (χ2n) is 9.53. The predicted molar refractivity (Wildman–Crippen MR) is 142 cm³/mol. The predicted octanol–water partition coefficient (Wildman–Crippen LogP) is 7.00. The van der Waals surface area contributed by atoms with Gasteiger partial charge < -0.3 is 10.6 Å². The van der Waals surface area contributed by atoms with Crippen LogP contribution >= 0.6 is 23.2 Å². The molecule has 0 heterocycles. The van der Waals surface area contributed by atoms with Crippen molar-refractivity contribution in [1.82, 2.24) is 5.32 Å². The highest BCUT2D eigenvalue weighted by Crippen LogP contribution is 2.42. The standard InChI is InChI=1S/C28H34Cl2N2O3/c1-3-4-5-15-28(16-6-7-17-28)27(35)32-24(19(2)33)18-20-11-13-21(14-12-20)31-26(34)25-22(29)9-8-10-23(25)30/h8-14,24H,3-7,15-18H2,1-2H3,(H,31,34)(H,32,35). The number of carbonyl (C=O) groups is 3. The van der Waals surface area contributed by atoms with Crippen molar-refractivity contribution in [3.63, 3.8) is 0 Å². The number of hydrogen-bond donors (Lipinski definition) is 2. The Balaban J connectivity index is 1.64. The first-order valence-electron chi connectivity index (χ1n) is 12.4. The van der Waals surface area contributed by atoms with Gasteiger partial charge in [-0.2, -0.15) is 0 Å². The highest BCUT2D eigenvalue weighted by atomic mass is 35.5. The third kappa shape index (κ3) is 7.08. The zero-order chi connectivity index (χ0) is 25.4. The summed E-state index contributed by atoms with van der Waals surface area (Å²) in [5.41, 5.74) is 1.36. The van der Waals surface area contributed by atoms with E-state index in [2.05, 4.69) is 17.6 Å². The maximum atomic E-state index is 13.3. The van der Waals surface area contributed by atoms with Gasteiger partial charge in [-0.3, -0.25) is 14.4 Å². The second-order valence-corrected chi connectivity index (χ2v) is 10.3. The molecule has 0 aliphatic heterocycles. The summed E-state index contributed by atoms with van der Waals surface area (Å²) in [5, 5.41) is 6.42. The van der Waals surface area contributed by atoms with E-state index in [9.17, 15) is 14.4 Å². The van der Waals surface area contributed by atoms with Crippen LogP contribution < -0.4 is 10.6 Å². The van der Waals surface area contributed by atoms with Crippen LogP contribution in [0.1, 0.15) is 81.1 Å². The van der Waals surface area contributed by atoms with E-state index in [0.29, 0.717) is 12.1 Å². The Morgan fingerprint density at radius 3 is 2.17 bits per heavy atom. The number of Topliss-reactive ketones (excluding diaryl/α,β-unsaturated/α-hetero) is 1. The van der Waals surface area contributed by atoms with Gasteiger partial charge in [0.15, 0.2) is 5.78 Å². The van der Waals surface area contributed by atoms with Crippen LogP contribution in [0.3, 0.4) is 0 Å². The lowest BCUT2D eigenvalue weighted by molar-refractivity contribution is -0.134. The number of ketones is 1. The largest absolute Gasteiger partial charge is 0.345 e. The van der Waals surface area contributed by atoms with Gasteiger partial charge >= 0.3 is 0 Å². The molecule has 1 fully saturated rings. The summed E-state index contributed by atoms with van der Waals surface area (Å²) in [6.07, 6.45) is 8.51. The third-order valence-corrected chi connectivity index (χ3v) is 7.57. The highest BCUT2D eigenvalue weighted by Gasteiger charge is 2.41. The Morgan fingerprint density at radius 1 is 0.971 bits per heavy atom. The Hall–Kier alpha value is -2.37. The van der Waals surface area contributed by atoms with E-state index in [-0.39, 0.29) is 32.7 Å². The molecule has 2 aromatic rings. The maximum absolute atomic E-state index is 13.3. The number of benzene rings is 2. The molecule has 2 amide bonds. The van der Waals surface area contributed by atoms with Crippen molar-refractivity contribution in [3.05, 3.63) is 63.6 Å². The summed E-state index contributed by atoms with van der Waals surface area (Å²) in [5.74, 6) is -0.440. The van der Waals surface area contributed by atoms with E-state index < -0.39 is 11.9 Å². The van der Waals surface area contributed by atoms with Crippen LogP contribution in [0.2, 0.25) is 10.0 Å². The molecule has 0 saturated heterocycles. The minimum Gasteiger partial charge on any atom is -0.345 e. The molecule has 1 aliphatic carbocycles. The summed E-state index contributed by atoms with van der Waals surface area (Å²) in [7, 11) is 0. The number of anilines is 1. The van der Waals surface area contributed by atoms with Gasteiger partial charge in [0.25, 0.3) is 5.91 Å². The zero-order valence-electron chi connectivity index (χ0n) is 20.5. The van der Waals surface area contributed by atoms with Crippen molar-refractivity contribution in [3.8, 4) is 0 Å². The first-order chi connectivity index (χ1) is 16.8. The van der Waals surface area contributed by atoms with Gasteiger partial charge in [0.05, 0.1) is 21.7 Å². The maximum Gasteiger partial charge on any atom is 0.258 e. The summed E-state index contributed by atoms with van der Waals surface area (Å²) >= 11 is 12.2. The number of unbranched alkanes of at least 4 members (excludes halogenated alkanes) is 2. The van der Waals surface area contributed by atoms with Gasteiger partial charge in [-0.05, 0) is 62.4 Å². The summed E-state index contributed by atoms with van der Waals surface area (Å²) in [4.78, 5) is 38.3. The van der Waals surface area contributed by atoms with Gasteiger partial charge in [-0.1, -0.05) is 80.4 Å². The molecule has 0 radical (unpaired) electrons. The van der Waals surface area contributed by atoms with Gasteiger partial charge in [0.1, 0.15) is 0 Å². The minimum atomic E-state index is -0.575. The van der Waals surface area contributed by atoms with Crippen LogP contribution in [-0.2, 0) is 16.0 Å². The van der Waals surface area contributed by atoms with Crippen molar-refractivity contribution in [1.29, 1.82) is 0 Å². The van der Waals surface area contributed by atoms with Crippen LogP contribution in [0.25, 0.3) is 0 Å². The Labute approximate surface area is 218 Å². The monoisotopic (exact) mass is 516 g/mol. The fourth-order valence-electron chi connectivity index (χ4n) is 4.83. The Kier molecular flexibility index (Phi) is 9.76. The smallest absolute Gasteiger partial charge is 0.258 e. The number of carbonyl (C=O) groups excluding carboxylic acids is 3. The van der Waals surface area contributed by atoms with E-state index in [1.54, 1.807) is 30.3 Å². The number of hydrogen-bond acceptors (Lipinski definition) is 3. The van der Waals surface area contributed by atoms with E-state index in [4.69, 9.17) is 23.2 Å². The molecule has 5 nitrogen and oxygen atoms in total. The normalized spacial score (nSPS) is 15.4. The fraction of sp³-hybridized carbons (Fsp3) is 0.464. The van der Waals surface area contributed by atoms with Crippen LogP contribution in [-0.4, -0.2) is 23.6 Å². The van der Waals surface area contributed by atoms with Gasteiger partial charge in [0, 0.05) is 11.1 Å². The number of amides is 2. The molecule has 1 saturated carbocycles. The Bertz CT molecular complexity index is 1030. The number of rotatable bonds is 11. The topological polar surface area (TPSA) is 75.3 Å². The molecule has 0 bridgehead atoms. The fourth-order valence-corrected chi connectivity index (χ4v) is 5.40. The van der Waals surface area contributed by atoms with Crippen molar-refractivity contribution in [2.75, 3.05) is 5.32 Å². The van der Waals surface area contributed by atoms with Gasteiger partial charge in [-0.25, -0.2) is 0 Å². The molecule has 188 valence electrons. The van der Waals surface area contributed by atoms with Crippen LogP contribution in [0.5, 0.6) is 0 Å². The second kappa shape index (κ2) is 12.5. The first-order valence-corrected chi connectivity index (χ1v) is 13.2.